The molecule has 0 aliphatic carbocycles. The van der Waals surface area contributed by atoms with Crippen molar-refractivity contribution in [3.05, 3.63) is 0 Å². The van der Waals surface area contributed by atoms with Gasteiger partial charge in [0.2, 0.25) is 0 Å². The summed E-state index contributed by atoms with van der Waals surface area (Å²) in [6.07, 6.45) is 1.62. The normalized spacial score (nSPS) is 21.9. The van der Waals surface area contributed by atoms with Crippen LogP contribution in [0.4, 0.5) is 0 Å². The first-order valence-corrected chi connectivity index (χ1v) is 5.13. The van der Waals surface area contributed by atoms with Gasteiger partial charge in [0, 0.05) is 38.1 Å². The fourth-order valence-electron chi connectivity index (χ4n) is 1.78. The zero-order chi connectivity index (χ0) is 10.6. The minimum Gasteiger partial charge on any atom is -0.411 e. The van der Waals surface area contributed by atoms with Gasteiger partial charge in [-0.3, -0.25) is 4.90 Å². The Kier molecular flexibility index (Phi) is 3.89. The standard InChI is InChI=1S/C10H21N3O/c1-10(2,8-11-14)9-13-6-4-12(3)5-7-13/h8,14H,4-7,9H2,1-3H3/b11-8+. The molecule has 1 aliphatic rings. The van der Waals surface area contributed by atoms with Gasteiger partial charge < -0.3 is 10.1 Å². The van der Waals surface area contributed by atoms with Crippen molar-refractivity contribution in [2.45, 2.75) is 13.8 Å². The molecular formula is C10H21N3O. The van der Waals surface area contributed by atoms with Gasteiger partial charge in [0.1, 0.15) is 0 Å². The van der Waals surface area contributed by atoms with Gasteiger partial charge in [0.15, 0.2) is 0 Å². The molecule has 0 aromatic carbocycles. The van der Waals surface area contributed by atoms with E-state index >= 15 is 0 Å². The number of hydrogen-bond acceptors (Lipinski definition) is 4. The largest absolute Gasteiger partial charge is 0.411 e. The quantitative estimate of drug-likeness (QED) is 0.413. The Bertz CT molecular complexity index is 196. The van der Waals surface area contributed by atoms with Crippen LogP contribution in [0.15, 0.2) is 5.16 Å². The Hall–Kier alpha value is -0.610. The number of nitrogens with zero attached hydrogens (tertiary/aromatic N) is 3. The Balaban J connectivity index is 2.37. The molecule has 1 saturated heterocycles. The number of oxime groups is 1. The van der Waals surface area contributed by atoms with Gasteiger partial charge in [-0.25, -0.2) is 0 Å². The number of piperazine rings is 1. The van der Waals surface area contributed by atoms with E-state index in [-0.39, 0.29) is 5.41 Å². The van der Waals surface area contributed by atoms with Crippen molar-refractivity contribution >= 4 is 6.21 Å². The minimum atomic E-state index is -0.0370. The SMILES string of the molecule is CN1CCN(CC(C)(C)/C=N/O)CC1. The van der Waals surface area contributed by atoms with Crippen molar-refractivity contribution in [1.82, 2.24) is 9.80 Å². The Morgan fingerprint density at radius 3 is 2.36 bits per heavy atom. The summed E-state index contributed by atoms with van der Waals surface area (Å²) in [4.78, 5) is 4.76. The highest BCUT2D eigenvalue weighted by Crippen LogP contribution is 2.15. The van der Waals surface area contributed by atoms with Crippen molar-refractivity contribution in [3.8, 4) is 0 Å². The van der Waals surface area contributed by atoms with Gasteiger partial charge in [0.05, 0.1) is 6.21 Å². The average Bonchev–Trinajstić information content (AvgIpc) is 2.08. The zero-order valence-corrected chi connectivity index (χ0v) is 9.40. The second kappa shape index (κ2) is 4.75. The smallest absolute Gasteiger partial charge is 0.0504 e. The maximum atomic E-state index is 8.52. The monoisotopic (exact) mass is 199 g/mol. The molecule has 0 amide bonds. The first-order chi connectivity index (χ1) is 6.53. The Labute approximate surface area is 86.2 Å². The van der Waals surface area contributed by atoms with E-state index in [0.717, 1.165) is 32.7 Å². The molecule has 0 radical (unpaired) electrons. The third-order valence-corrected chi connectivity index (χ3v) is 2.63. The van der Waals surface area contributed by atoms with Gasteiger partial charge in [-0.1, -0.05) is 13.8 Å². The van der Waals surface area contributed by atoms with E-state index in [1.54, 1.807) is 6.21 Å². The molecule has 0 aromatic heterocycles. The van der Waals surface area contributed by atoms with Crippen molar-refractivity contribution in [3.63, 3.8) is 0 Å². The Morgan fingerprint density at radius 1 is 1.29 bits per heavy atom. The molecule has 4 nitrogen and oxygen atoms in total. The lowest BCUT2D eigenvalue weighted by atomic mass is 9.94. The number of rotatable bonds is 3. The van der Waals surface area contributed by atoms with Crippen LogP contribution in [-0.2, 0) is 0 Å². The molecule has 0 saturated carbocycles. The first kappa shape index (κ1) is 11.5. The molecule has 14 heavy (non-hydrogen) atoms. The molecule has 4 heteroatoms. The number of hydrogen-bond donors (Lipinski definition) is 1. The van der Waals surface area contributed by atoms with Crippen molar-refractivity contribution < 1.29 is 5.21 Å². The molecule has 0 unspecified atom stereocenters. The van der Waals surface area contributed by atoms with E-state index in [1.165, 1.54) is 0 Å². The van der Waals surface area contributed by atoms with Gasteiger partial charge in [-0.05, 0) is 7.05 Å². The summed E-state index contributed by atoms with van der Waals surface area (Å²) in [5.74, 6) is 0. The summed E-state index contributed by atoms with van der Waals surface area (Å²) in [7, 11) is 2.15. The van der Waals surface area contributed by atoms with E-state index < -0.39 is 0 Å². The highest BCUT2D eigenvalue weighted by Gasteiger charge is 2.22. The third kappa shape index (κ3) is 3.64. The second-order valence-electron chi connectivity index (χ2n) is 4.81. The highest BCUT2D eigenvalue weighted by molar-refractivity contribution is 5.64. The first-order valence-electron chi connectivity index (χ1n) is 5.13. The van der Waals surface area contributed by atoms with Gasteiger partial charge >= 0.3 is 0 Å². The van der Waals surface area contributed by atoms with Crippen LogP contribution in [-0.4, -0.2) is 61.0 Å². The molecule has 1 fully saturated rings. The summed E-state index contributed by atoms with van der Waals surface area (Å²) < 4.78 is 0. The molecule has 0 spiro atoms. The van der Waals surface area contributed by atoms with Crippen molar-refractivity contribution in [1.29, 1.82) is 0 Å². The van der Waals surface area contributed by atoms with E-state index in [9.17, 15) is 0 Å². The second-order valence-corrected chi connectivity index (χ2v) is 4.81. The zero-order valence-electron chi connectivity index (χ0n) is 9.40. The van der Waals surface area contributed by atoms with Crippen molar-refractivity contribution in [2.75, 3.05) is 39.8 Å². The maximum Gasteiger partial charge on any atom is 0.0504 e. The molecule has 1 heterocycles. The number of likely N-dealkylation sites (N-methyl/N-ethyl adjacent to an activating group) is 1. The highest BCUT2D eigenvalue weighted by atomic mass is 16.4. The molecule has 1 aliphatic heterocycles. The van der Waals surface area contributed by atoms with Crippen LogP contribution >= 0.6 is 0 Å². The van der Waals surface area contributed by atoms with Crippen LogP contribution < -0.4 is 0 Å². The molecule has 1 N–H and O–H groups in total. The predicted octanol–water partition coefficient (Wildman–Crippen LogP) is 0.720. The topological polar surface area (TPSA) is 39.1 Å². The van der Waals surface area contributed by atoms with Crippen LogP contribution in [0.25, 0.3) is 0 Å². The predicted molar refractivity (Wildman–Crippen MR) is 58.0 cm³/mol. The van der Waals surface area contributed by atoms with Crippen LogP contribution in [0.3, 0.4) is 0 Å². The van der Waals surface area contributed by atoms with Crippen LogP contribution in [0.1, 0.15) is 13.8 Å². The van der Waals surface area contributed by atoms with Gasteiger partial charge in [-0.15, -0.1) is 5.16 Å². The summed E-state index contributed by atoms with van der Waals surface area (Å²) in [6, 6.07) is 0. The van der Waals surface area contributed by atoms with E-state index in [2.05, 4.69) is 35.9 Å². The summed E-state index contributed by atoms with van der Waals surface area (Å²) in [6.45, 7) is 9.62. The minimum absolute atomic E-state index is 0.0370. The van der Waals surface area contributed by atoms with Crippen molar-refractivity contribution in [2.24, 2.45) is 10.6 Å². The molecular weight excluding hydrogens is 178 g/mol. The molecule has 0 atom stereocenters. The lowest BCUT2D eigenvalue weighted by Gasteiger charge is -2.36. The molecule has 0 aromatic rings. The van der Waals surface area contributed by atoms with Crippen LogP contribution in [0, 0.1) is 5.41 Å². The lowest BCUT2D eigenvalue weighted by Crippen LogP contribution is -2.47. The summed E-state index contributed by atoms with van der Waals surface area (Å²) in [5, 5.41) is 11.6. The maximum absolute atomic E-state index is 8.52. The van der Waals surface area contributed by atoms with Crippen LogP contribution in [0.5, 0.6) is 0 Å². The van der Waals surface area contributed by atoms with E-state index in [0.29, 0.717) is 0 Å². The summed E-state index contributed by atoms with van der Waals surface area (Å²) in [5.41, 5.74) is -0.0370. The van der Waals surface area contributed by atoms with E-state index in [1.807, 2.05) is 0 Å². The lowest BCUT2D eigenvalue weighted by molar-refractivity contribution is 0.131. The summed E-state index contributed by atoms with van der Waals surface area (Å²) >= 11 is 0. The Morgan fingerprint density at radius 2 is 1.86 bits per heavy atom. The fourth-order valence-corrected chi connectivity index (χ4v) is 1.78. The third-order valence-electron chi connectivity index (χ3n) is 2.63. The molecule has 0 bridgehead atoms. The molecule has 82 valence electrons. The van der Waals surface area contributed by atoms with Gasteiger partial charge in [-0.2, -0.15) is 0 Å². The molecule has 1 rings (SSSR count). The van der Waals surface area contributed by atoms with Gasteiger partial charge in [0.25, 0.3) is 0 Å². The fraction of sp³-hybridized carbons (Fsp3) is 0.900. The van der Waals surface area contributed by atoms with Crippen LogP contribution in [0.2, 0.25) is 0 Å². The van der Waals surface area contributed by atoms with E-state index in [4.69, 9.17) is 5.21 Å². The average molecular weight is 199 g/mol.